The SMILES string of the molecule is CCOc1ccc(-n2c(=S)[nH]c3c(C)ccnc32)cc1F. The molecule has 0 unspecified atom stereocenters. The van der Waals surface area contributed by atoms with Crippen LogP contribution >= 0.6 is 12.2 Å². The molecule has 3 aromatic rings. The van der Waals surface area contributed by atoms with Gasteiger partial charge in [0.15, 0.2) is 22.0 Å². The summed E-state index contributed by atoms with van der Waals surface area (Å²) in [6, 6.07) is 6.67. The summed E-state index contributed by atoms with van der Waals surface area (Å²) in [6.07, 6.45) is 1.71. The largest absolute Gasteiger partial charge is 0.491 e. The Morgan fingerprint density at radius 1 is 1.38 bits per heavy atom. The molecule has 3 rings (SSSR count). The van der Waals surface area contributed by atoms with Crippen LogP contribution in [0.4, 0.5) is 4.39 Å². The van der Waals surface area contributed by atoms with E-state index in [4.69, 9.17) is 17.0 Å². The first-order valence-corrected chi connectivity index (χ1v) is 7.01. The van der Waals surface area contributed by atoms with Crippen molar-refractivity contribution < 1.29 is 9.13 Å². The van der Waals surface area contributed by atoms with Crippen LogP contribution in [0.25, 0.3) is 16.9 Å². The van der Waals surface area contributed by atoms with Crippen molar-refractivity contribution in [2.24, 2.45) is 0 Å². The van der Waals surface area contributed by atoms with Crippen LogP contribution < -0.4 is 4.74 Å². The van der Waals surface area contributed by atoms with Gasteiger partial charge in [0.1, 0.15) is 0 Å². The lowest BCUT2D eigenvalue weighted by atomic mass is 10.2. The normalized spacial score (nSPS) is 11.0. The van der Waals surface area contributed by atoms with Crippen molar-refractivity contribution in [2.45, 2.75) is 13.8 Å². The van der Waals surface area contributed by atoms with E-state index < -0.39 is 5.82 Å². The van der Waals surface area contributed by atoms with Gasteiger partial charge in [-0.2, -0.15) is 0 Å². The van der Waals surface area contributed by atoms with Crippen LogP contribution in [-0.4, -0.2) is 21.1 Å². The third kappa shape index (κ3) is 2.31. The van der Waals surface area contributed by atoms with Gasteiger partial charge < -0.3 is 9.72 Å². The molecule has 0 amide bonds. The Morgan fingerprint density at radius 2 is 2.19 bits per heavy atom. The molecule has 6 heteroatoms. The molecule has 0 bridgehead atoms. The van der Waals surface area contributed by atoms with Crippen LogP contribution in [0.1, 0.15) is 12.5 Å². The van der Waals surface area contributed by atoms with Crippen molar-refractivity contribution in [3.63, 3.8) is 0 Å². The fraction of sp³-hybridized carbons (Fsp3) is 0.200. The Morgan fingerprint density at radius 3 is 2.90 bits per heavy atom. The number of nitrogens with one attached hydrogen (secondary N) is 1. The Hall–Kier alpha value is -2.21. The number of imidazole rings is 1. The van der Waals surface area contributed by atoms with E-state index in [0.717, 1.165) is 11.1 Å². The second-order valence-corrected chi connectivity index (χ2v) is 5.03. The van der Waals surface area contributed by atoms with Crippen molar-refractivity contribution in [1.82, 2.24) is 14.5 Å². The maximum atomic E-state index is 14.0. The standard InChI is InChI=1S/C15H14FN3OS/c1-3-20-12-5-4-10(8-11(12)16)19-14-13(18-15(19)21)9(2)6-7-17-14/h4-8H,3H2,1-2H3,(H,18,21). The molecule has 4 nitrogen and oxygen atoms in total. The Bertz CT molecular complexity index is 869. The van der Waals surface area contributed by atoms with Gasteiger partial charge in [-0.05, 0) is 49.8 Å². The highest BCUT2D eigenvalue weighted by atomic mass is 32.1. The number of fused-ring (bicyclic) bond motifs is 1. The van der Waals surface area contributed by atoms with Crippen LogP contribution in [0.5, 0.6) is 5.75 Å². The maximum Gasteiger partial charge on any atom is 0.184 e. The average Bonchev–Trinajstić information content (AvgIpc) is 2.79. The molecule has 1 N–H and O–H groups in total. The smallest absolute Gasteiger partial charge is 0.184 e. The third-order valence-electron chi connectivity index (χ3n) is 3.26. The van der Waals surface area contributed by atoms with Gasteiger partial charge in [0.25, 0.3) is 0 Å². The van der Waals surface area contributed by atoms with Crippen molar-refractivity contribution in [3.8, 4) is 11.4 Å². The van der Waals surface area contributed by atoms with Gasteiger partial charge in [0.05, 0.1) is 17.8 Å². The Labute approximate surface area is 126 Å². The number of benzene rings is 1. The molecule has 0 saturated carbocycles. The number of H-pyrrole nitrogens is 1. The van der Waals surface area contributed by atoms with Crippen LogP contribution in [0.3, 0.4) is 0 Å². The van der Waals surface area contributed by atoms with Crippen molar-refractivity contribution in [2.75, 3.05) is 6.61 Å². The minimum atomic E-state index is -0.418. The van der Waals surface area contributed by atoms with E-state index in [1.54, 1.807) is 22.9 Å². The highest BCUT2D eigenvalue weighted by Gasteiger charge is 2.12. The van der Waals surface area contributed by atoms with Crippen LogP contribution in [0.15, 0.2) is 30.5 Å². The number of halogens is 1. The first-order valence-electron chi connectivity index (χ1n) is 6.61. The van der Waals surface area contributed by atoms with Gasteiger partial charge in [0.2, 0.25) is 0 Å². The van der Waals surface area contributed by atoms with Crippen molar-refractivity contribution in [3.05, 3.63) is 46.6 Å². The van der Waals surface area contributed by atoms with E-state index in [0.29, 0.717) is 22.7 Å². The summed E-state index contributed by atoms with van der Waals surface area (Å²) in [4.78, 5) is 7.45. The quantitative estimate of drug-likeness (QED) is 0.746. The first-order chi connectivity index (χ1) is 10.1. The van der Waals surface area contributed by atoms with Crippen molar-refractivity contribution in [1.29, 1.82) is 0 Å². The van der Waals surface area contributed by atoms with E-state index in [1.165, 1.54) is 6.07 Å². The number of ether oxygens (including phenoxy) is 1. The minimum Gasteiger partial charge on any atom is -0.491 e. The predicted molar refractivity (Wildman–Crippen MR) is 82.1 cm³/mol. The van der Waals surface area contributed by atoms with Gasteiger partial charge in [-0.15, -0.1) is 0 Å². The Balaban J connectivity index is 2.21. The number of hydrogen-bond donors (Lipinski definition) is 1. The molecular weight excluding hydrogens is 289 g/mol. The predicted octanol–water partition coefficient (Wildman–Crippen LogP) is 3.93. The summed E-state index contributed by atoms with van der Waals surface area (Å²) >= 11 is 5.34. The highest BCUT2D eigenvalue weighted by molar-refractivity contribution is 7.71. The van der Waals surface area contributed by atoms with E-state index in [2.05, 4.69) is 9.97 Å². The molecule has 1 aromatic carbocycles. The zero-order chi connectivity index (χ0) is 15.0. The summed E-state index contributed by atoms with van der Waals surface area (Å²) in [6.45, 7) is 4.21. The molecule has 21 heavy (non-hydrogen) atoms. The lowest BCUT2D eigenvalue weighted by Crippen LogP contribution is -1.99. The topological polar surface area (TPSA) is 42.8 Å². The summed E-state index contributed by atoms with van der Waals surface area (Å²) in [5.74, 6) is -0.185. The number of hydrogen-bond acceptors (Lipinski definition) is 3. The van der Waals surface area contributed by atoms with E-state index in [1.807, 2.05) is 19.9 Å². The number of rotatable bonds is 3. The minimum absolute atomic E-state index is 0.233. The van der Waals surface area contributed by atoms with E-state index in [9.17, 15) is 4.39 Å². The molecule has 0 spiro atoms. The molecule has 0 saturated heterocycles. The van der Waals surface area contributed by atoms with Gasteiger partial charge in [0, 0.05) is 12.3 Å². The lowest BCUT2D eigenvalue weighted by Gasteiger charge is -2.08. The number of aryl methyl sites for hydroxylation is 1. The number of aromatic amines is 1. The Kier molecular flexibility index (Phi) is 3.47. The number of pyridine rings is 1. The summed E-state index contributed by atoms with van der Waals surface area (Å²) in [5, 5.41) is 0. The fourth-order valence-corrected chi connectivity index (χ4v) is 2.56. The molecule has 2 heterocycles. The van der Waals surface area contributed by atoms with Crippen LogP contribution in [0.2, 0.25) is 0 Å². The molecular formula is C15H14FN3OS. The maximum absolute atomic E-state index is 14.0. The molecule has 0 atom stereocenters. The van der Waals surface area contributed by atoms with Crippen LogP contribution in [-0.2, 0) is 0 Å². The molecule has 0 aliphatic heterocycles. The summed E-state index contributed by atoms with van der Waals surface area (Å²) in [5.41, 5.74) is 3.20. The zero-order valence-electron chi connectivity index (χ0n) is 11.7. The van der Waals surface area contributed by atoms with Gasteiger partial charge in [-0.25, -0.2) is 9.37 Å². The van der Waals surface area contributed by atoms with Gasteiger partial charge in [-0.3, -0.25) is 4.57 Å². The second kappa shape index (κ2) is 5.29. The van der Waals surface area contributed by atoms with E-state index >= 15 is 0 Å². The second-order valence-electron chi connectivity index (χ2n) is 4.64. The first kappa shape index (κ1) is 13.8. The number of aromatic nitrogens is 3. The summed E-state index contributed by atoms with van der Waals surface area (Å²) in [7, 11) is 0. The van der Waals surface area contributed by atoms with E-state index in [-0.39, 0.29) is 5.75 Å². The molecule has 0 aliphatic carbocycles. The monoisotopic (exact) mass is 303 g/mol. The highest BCUT2D eigenvalue weighted by Crippen LogP contribution is 2.24. The van der Waals surface area contributed by atoms with Crippen molar-refractivity contribution >= 4 is 23.4 Å². The molecule has 0 radical (unpaired) electrons. The fourth-order valence-electron chi connectivity index (χ4n) is 2.27. The molecule has 0 fully saturated rings. The number of nitrogens with zero attached hydrogens (tertiary/aromatic N) is 2. The van der Waals surface area contributed by atoms with Gasteiger partial charge >= 0.3 is 0 Å². The third-order valence-corrected chi connectivity index (χ3v) is 3.54. The molecule has 0 aliphatic rings. The summed E-state index contributed by atoms with van der Waals surface area (Å²) < 4.78 is 21.4. The zero-order valence-corrected chi connectivity index (χ0v) is 12.5. The lowest BCUT2D eigenvalue weighted by molar-refractivity contribution is 0.321. The molecule has 108 valence electrons. The van der Waals surface area contributed by atoms with Gasteiger partial charge in [-0.1, -0.05) is 0 Å². The molecule has 2 aromatic heterocycles. The van der Waals surface area contributed by atoms with Crippen LogP contribution in [0, 0.1) is 17.5 Å². The average molecular weight is 303 g/mol.